The molecule has 2 aromatic rings. The molecule has 0 saturated heterocycles. The van der Waals surface area contributed by atoms with Gasteiger partial charge in [0.05, 0.1) is 17.8 Å². The Labute approximate surface area is 115 Å². The van der Waals surface area contributed by atoms with Crippen LogP contribution in [-0.4, -0.2) is 18.0 Å². The molecule has 1 N–H and O–H groups in total. The fourth-order valence-electron chi connectivity index (χ4n) is 1.67. The number of rotatable bonds is 3. The Morgan fingerprint density at radius 3 is 2.68 bits per heavy atom. The number of hydrogen-bond donors (Lipinski definition) is 1. The van der Waals surface area contributed by atoms with E-state index in [-0.39, 0.29) is 11.7 Å². The van der Waals surface area contributed by atoms with E-state index in [9.17, 15) is 4.79 Å². The van der Waals surface area contributed by atoms with Crippen molar-refractivity contribution >= 4 is 23.2 Å². The van der Waals surface area contributed by atoms with Crippen LogP contribution in [0.5, 0.6) is 5.75 Å². The number of carbonyl (C=O) groups excluding carboxylic acids is 1. The number of oxazole rings is 1. The van der Waals surface area contributed by atoms with E-state index < -0.39 is 0 Å². The van der Waals surface area contributed by atoms with Crippen LogP contribution >= 0.6 is 11.6 Å². The van der Waals surface area contributed by atoms with Gasteiger partial charge >= 0.3 is 0 Å². The number of nitrogens with zero attached hydrogens (tertiary/aromatic N) is 1. The summed E-state index contributed by atoms with van der Waals surface area (Å²) in [6, 6.07) is 4.98. The molecule has 0 bridgehead atoms. The maximum absolute atomic E-state index is 12.0. The standard InChI is InChI=1S/C13H13ClN2O3/c1-7-12(19-8(2)15-7)13(17)16-9-4-5-11(18-3)10(14)6-9/h4-6H,1-3H3,(H,16,17). The van der Waals surface area contributed by atoms with Crippen LogP contribution in [0.2, 0.25) is 5.02 Å². The molecule has 0 unspecified atom stereocenters. The number of anilines is 1. The highest BCUT2D eigenvalue weighted by Crippen LogP contribution is 2.27. The first-order valence-corrected chi connectivity index (χ1v) is 5.98. The van der Waals surface area contributed by atoms with Crippen LogP contribution in [0.4, 0.5) is 5.69 Å². The average molecular weight is 281 g/mol. The van der Waals surface area contributed by atoms with Crippen molar-refractivity contribution < 1.29 is 13.9 Å². The number of amides is 1. The van der Waals surface area contributed by atoms with Gasteiger partial charge in [0.25, 0.3) is 5.91 Å². The van der Waals surface area contributed by atoms with E-state index in [0.717, 1.165) is 0 Å². The minimum absolute atomic E-state index is 0.199. The Bertz CT molecular complexity index is 622. The Balaban J connectivity index is 2.19. The number of nitrogens with one attached hydrogen (secondary N) is 1. The predicted octanol–water partition coefficient (Wildman–Crippen LogP) is 3.21. The van der Waals surface area contributed by atoms with Crippen molar-refractivity contribution in [3.05, 3.63) is 40.6 Å². The van der Waals surface area contributed by atoms with Gasteiger partial charge in [-0.25, -0.2) is 4.98 Å². The summed E-state index contributed by atoms with van der Waals surface area (Å²) in [4.78, 5) is 16.0. The van der Waals surface area contributed by atoms with Crippen LogP contribution in [0.15, 0.2) is 22.6 Å². The zero-order chi connectivity index (χ0) is 14.0. The maximum atomic E-state index is 12.0. The third-order valence-electron chi connectivity index (χ3n) is 2.52. The molecule has 1 amide bonds. The van der Waals surface area contributed by atoms with Gasteiger partial charge in [0.2, 0.25) is 5.76 Å². The number of aromatic nitrogens is 1. The summed E-state index contributed by atoms with van der Waals surface area (Å²) in [5.74, 6) is 0.838. The van der Waals surface area contributed by atoms with Gasteiger partial charge in [0.15, 0.2) is 5.89 Å². The van der Waals surface area contributed by atoms with Gasteiger partial charge in [-0.2, -0.15) is 0 Å². The van der Waals surface area contributed by atoms with Crippen molar-refractivity contribution in [2.45, 2.75) is 13.8 Å². The van der Waals surface area contributed by atoms with Crippen LogP contribution in [0.3, 0.4) is 0 Å². The molecule has 5 nitrogen and oxygen atoms in total. The minimum atomic E-state index is -0.362. The van der Waals surface area contributed by atoms with E-state index >= 15 is 0 Å². The van der Waals surface area contributed by atoms with Gasteiger partial charge < -0.3 is 14.5 Å². The first kappa shape index (κ1) is 13.4. The van der Waals surface area contributed by atoms with Gasteiger partial charge in [-0.15, -0.1) is 0 Å². The Kier molecular flexibility index (Phi) is 3.76. The number of benzene rings is 1. The molecule has 0 atom stereocenters. The third kappa shape index (κ3) is 2.88. The van der Waals surface area contributed by atoms with Gasteiger partial charge in [-0.3, -0.25) is 4.79 Å². The summed E-state index contributed by atoms with van der Waals surface area (Å²) in [5, 5.41) is 3.11. The number of halogens is 1. The molecule has 1 aromatic carbocycles. The van der Waals surface area contributed by atoms with Gasteiger partial charge in [0.1, 0.15) is 5.75 Å². The summed E-state index contributed by atoms with van der Waals surface area (Å²) in [6.45, 7) is 3.40. The number of carbonyl (C=O) groups is 1. The SMILES string of the molecule is COc1ccc(NC(=O)c2oc(C)nc2C)cc1Cl. The number of ether oxygens (including phenoxy) is 1. The molecule has 2 rings (SSSR count). The molecule has 0 fully saturated rings. The molecule has 1 heterocycles. The first-order chi connectivity index (χ1) is 9.01. The van der Waals surface area contributed by atoms with E-state index in [1.54, 1.807) is 32.0 Å². The fourth-order valence-corrected chi connectivity index (χ4v) is 1.93. The average Bonchev–Trinajstić information content (AvgIpc) is 2.69. The highest BCUT2D eigenvalue weighted by molar-refractivity contribution is 6.32. The molecule has 0 radical (unpaired) electrons. The summed E-state index contributed by atoms with van der Waals surface area (Å²) >= 11 is 5.98. The topological polar surface area (TPSA) is 64.4 Å². The van der Waals surface area contributed by atoms with Gasteiger partial charge in [-0.1, -0.05) is 11.6 Å². The second-order valence-corrected chi connectivity index (χ2v) is 4.36. The Morgan fingerprint density at radius 1 is 1.42 bits per heavy atom. The summed E-state index contributed by atoms with van der Waals surface area (Å²) in [6.07, 6.45) is 0. The second-order valence-electron chi connectivity index (χ2n) is 3.95. The van der Waals surface area contributed by atoms with Crippen LogP contribution in [0.25, 0.3) is 0 Å². The summed E-state index contributed by atoms with van der Waals surface area (Å²) < 4.78 is 10.3. The van der Waals surface area contributed by atoms with Crippen molar-refractivity contribution in [1.82, 2.24) is 4.98 Å². The molecular weight excluding hydrogens is 268 g/mol. The summed E-state index contributed by atoms with van der Waals surface area (Å²) in [5.41, 5.74) is 1.11. The van der Waals surface area contributed by atoms with Crippen molar-refractivity contribution in [2.24, 2.45) is 0 Å². The van der Waals surface area contributed by atoms with Crippen molar-refractivity contribution in [3.8, 4) is 5.75 Å². The normalized spacial score (nSPS) is 10.3. The van der Waals surface area contributed by atoms with Crippen LogP contribution in [0.1, 0.15) is 22.1 Å². The van der Waals surface area contributed by atoms with Crippen LogP contribution in [-0.2, 0) is 0 Å². The van der Waals surface area contributed by atoms with Crippen molar-refractivity contribution in [1.29, 1.82) is 0 Å². The number of methoxy groups -OCH3 is 1. The van der Waals surface area contributed by atoms with Crippen molar-refractivity contribution in [3.63, 3.8) is 0 Å². The quantitative estimate of drug-likeness (QED) is 0.938. The molecule has 0 aliphatic carbocycles. The zero-order valence-electron chi connectivity index (χ0n) is 10.8. The lowest BCUT2D eigenvalue weighted by molar-refractivity contribution is 0.0994. The lowest BCUT2D eigenvalue weighted by atomic mass is 10.3. The molecule has 0 aliphatic heterocycles. The fraction of sp³-hybridized carbons (Fsp3) is 0.231. The smallest absolute Gasteiger partial charge is 0.293 e. The molecular formula is C13H13ClN2O3. The Hall–Kier alpha value is -2.01. The van der Waals surface area contributed by atoms with Crippen LogP contribution in [0, 0.1) is 13.8 Å². The lowest BCUT2D eigenvalue weighted by Crippen LogP contribution is -2.12. The van der Waals surface area contributed by atoms with Crippen molar-refractivity contribution in [2.75, 3.05) is 12.4 Å². The summed E-state index contributed by atoms with van der Waals surface area (Å²) in [7, 11) is 1.53. The van der Waals surface area contributed by atoms with E-state index in [1.807, 2.05) is 0 Å². The largest absolute Gasteiger partial charge is 0.495 e. The third-order valence-corrected chi connectivity index (χ3v) is 2.81. The van der Waals surface area contributed by atoms with E-state index in [2.05, 4.69) is 10.3 Å². The van der Waals surface area contributed by atoms with E-state index in [4.69, 9.17) is 20.8 Å². The Morgan fingerprint density at radius 2 is 2.16 bits per heavy atom. The highest BCUT2D eigenvalue weighted by atomic mass is 35.5. The van der Waals surface area contributed by atoms with Crippen LogP contribution < -0.4 is 10.1 Å². The lowest BCUT2D eigenvalue weighted by Gasteiger charge is -2.07. The second kappa shape index (κ2) is 5.32. The number of aryl methyl sites for hydroxylation is 2. The van der Waals surface area contributed by atoms with E-state index in [0.29, 0.717) is 28.0 Å². The van der Waals surface area contributed by atoms with Gasteiger partial charge in [0, 0.05) is 12.6 Å². The molecule has 0 spiro atoms. The molecule has 0 aliphatic rings. The molecule has 19 heavy (non-hydrogen) atoms. The molecule has 6 heteroatoms. The number of hydrogen-bond acceptors (Lipinski definition) is 4. The zero-order valence-corrected chi connectivity index (χ0v) is 11.5. The van der Waals surface area contributed by atoms with Gasteiger partial charge in [-0.05, 0) is 25.1 Å². The first-order valence-electron chi connectivity index (χ1n) is 5.60. The highest BCUT2D eigenvalue weighted by Gasteiger charge is 2.16. The minimum Gasteiger partial charge on any atom is -0.495 e. The monoisotopic (exact) mass is 280 g/mol. The van der Waals surface area contributed by atoms with E-state index in [1.165, 1.54) is 7.11 Å². The predicted molar refractivity (Wildman–Crippen MR) is 71.9 cm³/mol. The molecule has 1 aromatic heterocycles. The molecule has 100 valence electrons. The molecule has 0 saturated carbocycles. The maximum Gasteiger partial charge on any atom is 0.293 e.